The number of aromatic nitrogens is 4. The van der Waals surface area contributed by atoms with Crippen molar-refractivity contribution >= 4 is 23.2 Å². The predicted octanol–water partition coefficient (Wildman–Crippen LogP) is 2.87. The van der Waals surface area contributed by atoms with E-state index < -0.39 is 0 Å². The van der Waals surface area contributed by atoms with Gasteiger partial charge in [-0.15, -0.1) is 0 Å². The Morgan fingerprint density at radius 2 is 2.00 bits per heavy atom. The largest absolute Gasteiger partial charge is 0.471 e. The highest BCUT2D eigenvalue weighted by molar-refractivity contribution is 6.30. The molecule has 0 saturated carbocycles. The highest BCUT2D eigenvalue weighted by Gasteiger charge is 2.15. The Labute approximate surface area is 143 Å². The van der Waals surface area contributed by atoms with Crippen molar-refractivity contribution < 1.29 is 9.53 Å². The molecule has 1 amide bonds. The Balaban J connectivity index is 1.69. The van der Waals surface area contributed by atoms with E-state index in [0.29, 0.717) is 22.2 Å². The number of amides is 1. The number of anilines is 1. The number of ether oxygens (including phenoxy) is 1. The van der Waals surface area contributed by atoms with E-state index in [2.05, 4.69) is 15.5 Å². The molecular weight excluding hydrogens is 330 g/mol. The molecule has 0 saturated heterocycles. The summed E-state index contributed by atoms with van der Waals surface area (Å²) in [4.78, 5) is 12.4. The number of nitrogens with zero attached hydrogens (tertiary/aromatic N) is 4. The molecule has 2 aromatic heterocycles. The van der Waals surface area contributed by atoms with E-state index in [0.717, 1.165) is 5.69 Å². The fourth-order valence-electron chi connectivity index (χ4n) is 2.10. The summed E-state index contributed by atoms with van der Waals surface area (Å²) in [7, 11) is 1.81. The number of hydrogen-bond acceptors (Lipinski definition) is 4. The number of nitrogens with one attached hydrogen (secondary N) is 1. The summed E-state index contributed by atoms with van der Waals surface area (Å²) in [5.41, 5.74) is 1.92. The van der Waals surface area contributed by atoms with E-state index in [1.807, 2.05) is 14.0 Å². The third kappa shape index (κ3) is 3.41. The van der Waals surface area contributed by atoms with E-state index >= 15 is 0 Å². The fourth-order valence-corrected chi connectivity index (χ4v) is 2.23. The summed E-state index contributed by atoms with van der Waals surface area (Å²) in [5.74, 6) is 0.368. The van der Waals surface area contributed by atoms with Gasteiger partial charge in [0.15, 0.2) is 6.73 Å². The Kier molecular flexibility index (Phi) is 4.52. The van der Waals surface area contributed by atoms with Gasteiger partial charge < -0.3 is 10.1 Å². The quantitative estimate of drug-likeness (QED) is 0.771. The lowest BCUT2D eigenvalue weighted by molar-refractivity contribution is 0.100. The maximum absolute atomic E-state index is 12.4. The van der Waals surface area contributed by atoms with Crippen LogP contribution in [0.25, 0.3) is 0 Å². The summed E-state index contributed by atoms with van der Waals surface area (Å²) in [5, 5.41) is 11.7. The first-order valence-electron chi connectivity index (χ1n) is 7.25. The summed E-state index contributed by atoms with van der Waals surface area (Å²) in [6.45, 7) is 1.99. The molecule has 0 aliphatic carbocycles. The van der Waals surface area contributed by atoms with Crippen molar-refractivity contribution in [3.63, 3.8) is 0 Å². The van der Waals surface area contributed by atoms with Gasteiger partial charge in [-0.05, 0) is 37.3 Å². The number of aryl methyl sites for hydroxylation is 1. The van der Waals surface area contributed by atoms with Gasteiger partial charge in [0.1, 0.15) is 11.4 Å². The number of rotatable bonds is 5. The minimum Gasteiger partial charge on any atom is -0.471 e. The zero-order valence-electron chi connectivity index (χ0n) is 13.2. The first-order chi connectivity index (χ1) is 11.5. The Bertz CT molecular complexity index is 854. The van der Waals surface area contributed by atoms with Crippen LogP contribution in [0.1, 0.15) is 16.2 Å². The standard InChI is InChI=1S/C16H16ClN5O2/c1-11-14(9-19-21(11)2)20-16(23)15-7-8-18-22(15)10-24-13-5-3-12(17)4-6-13/h3-9H,10H2,1-2H3,(H,20,23). The lowest BCUT2D eigenvalue weighted by atomic mass is 10.3. The molecule has 124 valence electrons. The summed E-state index contributed by atoms with van der Waals surface area (Å²) < 4.78 is 8.79. The van der Waals surface area contributed by atoms with Crippen molar-refractivity contribution in [2.75, 3.05) is 5.32 Å². The summed E-state index contributed by atoms with van der Waals surface area (Å²) in [6, 6.07) is 8.61. The number of hydrogen-bond donors (Lipinski definition) is 1. The lowest BCUT2D eigenvalue weighted by Gasteiger charge is -2.10. The number of carbonyl (C=O) groups is 1. The number of carbonyl (C=O) groups excluding carboxylic acids is 1. The highest BCUT2D eigenvalue weighted by Crippen LogP contribution is 2.17. The van der Waals surface area contributed by atoms with E-state index in [9.17, 15) is 4.79 Å². The molecule has 0 spiro atoms. The molecule has 8 heteroatoms. The van der Waals surface area contributed by atoms with Crippen LogP contribution in [0.3, 0.4) is 0 Å². The van der Waals surface area contributed by atoms with Gasteiger partial charge in [0.2, 0.25) is 0 Å². The monoisotopic (exact) mass is 345 g/mol. The van der Waals surface area contributed by atoms with E-state index in [4.69, 9.17) is 16.3 Å². The molecule has 0 unspecified atom stereocenters. The average Bonchev–Trinajstić information content (AvgIpc) is 3.16. The molecule has 0 atom stereocenters. The minimum absolute atomic E-state index is 0.114. The van der Waals surface area contributed by atoms with E-state index in [1.54, 1.807) is 47.4 Å². The van der Waals surface area contributed by atoms with Gasteiger partial charge in [-0.1, -0.05) is 11.6 Å². The third-order valence-corrected chi connectivity index (χ3v) is 3.85. The minimum atomic E-state index is -0.275. The number of benzene rings is 1. The molecule has 3 rings (SSSR count). The fraction of sp³-hybridized carbons (Fsp3) is 0.188. The van der Waals surface area contributed by atoms with Gasteiger partial charge in [0, 0.05) is 18.3 Å². The van der Waals surface area contributed by atoms with Crippen molar-refractivity contribution in [2.45, 2.75) is 13.7 Å². The van der Waals surface area contributed by atoms with Gasteiger partial charge in [-0.25, -0.2) is 4.68 Å². The molecule has 0 fully saturated rings. The smallest absolute Gasteiger partial charge is 0.274 e. The van der Waals surface area contributed by atoms with Crippen LogP contribution in [0, 0.1) is 6.92 Å². The van der Waals surface area contributed by atoms with Crippen LogP contribution >= 0.6 is 11.6 Å². The van der Waals surface area contributed by atoms with Gasteiger partial charge in [-0.2, -0.15) is 10.2 Å². The van der Waals surface area contributed by atoms with Crippen LogP contribution in [-0.2, 0) is 13.8 Å². The van der Waals surface area contributed by atoms with Crippen LogP contribution in [0.5, 0.6) is 5.75 Å². The highest BCUT2D eigenvalue weighted by atomic mass is 35.5. The van der Waals surface area contributed by atoms with Crippen molar-refractivity contribution in [3.8, 4) is 5.75 Å². The van der Waals surface area contributed by atoms with Crippen molar-refractivity contribution in [1.82, 2.24) is 19.6 Å². The van der Waals surface area contributed by atoms with Crippen molar-refractivity contribution in [2.24, 2.45) is 7.05 Å². The maximum atomic E-state index is 12.4. The Morgan fingerprint density at radius 3 is 2.67 bits per heavy atom. The normalized spacial score (nSPS) is 10.6. The van der Waals surface area contributed by atoms with Crippen LogP contribution in [0.4, 0.5) is 5.69 Å². The lowest BCUT2D eigenvalue weighted by Crippen LogP contribution is -2.20. The van der Waals surface area contributed by atoms with E-state index in [1.165, 1.54) is 4.68 Å². The van der Waals surface area contributed by atoms with Gasteiger partial charge in [0.25, 0.3) is 5.91 Å². The molecule has 0 aliphatic heterocycles. The molecule has 0 radical (unpaired) electrons. The Morgan fingerprint density at radius 1 is 1.25 bits per heavy atom. The summed E-state index contributed by atoms with van der Waals surface area (Å²) in [6.07, 6.45) is 3.16. The molecule has 0 aliphatic rings. The second-order valence-corrected chi connectivity index (χ2v) is 5.60. The SMILES string of the molecule is Cc1c(NC(=O)c2ccnn2COc2ccc(Cl)cc2)cnn1C. The zero-order valence-corrected chi connectivity index (χ0v) is 14.0. The molecule has 7 nitrogen and oxygen atoms in total. The zero-order chi connectivity index (χ0) is 17.1. The van der Waals surface area contributed by atoms with Crippen LogP contribution in [0.15, 0.2) is 42.7 Å². The Hall–Kier alpha value is -2.80. The number of halogens is 1. The predicted molar refractivity (Wildman–Crippen MR) is 90.2 cm³/mol. The topological polar surface area (TPSA) is 74.0 Å². The molecule has 0 bridgehead atoms. The average molecular weight is 346 g/mol. The van der Waals surface area contributed by atoms with Crippen molar-refractivity contribution in [3.05, 3.63) is 59.1 Å². The van der Waals surface area contributed by atoms with Gasteiger partial charge >= 0.3 is 0 Å². The maximum Gasteiger partial charge on any atom is 0.274 e. The molecule has 2 heterocycles. The van der Waals surface area contributed by atoms with E-state index in [-0.39, 0.29) is 12.6 Å². The molecule has 3 aromatic rings. The molecule has 24 heavy (non-hydrogen) atoms. The molecule has 1 N–H and O–H groups in total. The third-order valence-electron chi connectivity index (χ3n) is 3.60. The van der Waals surface area contributed by atoms with Gasteiger partial charge in [-0.3, -0.25) is 9.48 Å². The van der Waals surface area contributed by atoms with Crippen LogP contribution in [-0.4, -0.2) is 25.5 Å². The van der Waals surface area contributed by atoms with Crippen LogP contribution < -0.4 is 10.1 Å². The van der Waals surface area contributed by atoms with Crippen LogP contribution in [0.2, 0.25) is 5.02 Å². The first kappa shape index (κ1) is 16.1. The second-order valence-electron chi connectivity index (χ2n) is 5.16. The van der Waals surface area contributed by atoms with Gasteiger partial charge in [0.05, 0.1) is 17.6 Å². The first-order valence-corrected chi connectivity index (χ1v) is 7.62. The summed E-state index contributed by atoms with van der Waals surface area (Å²) >= 11 is 5.84. The molecule has 1 aromatic carbocycles. The van der Waals surface area contributed by atoms with Crippen molar-refractivity contribution in [1.29, 1.82) is 0 Å². The second kappa shape index (κ2) is 6.76. The molecular formula is C16H16ClN5O2.